The van der Waals surface area contributed by atoms with Crippen molar-refractivity contribution in [2.75, 3.05) is 33.3 Å². The van der Waals surface area contributed by atoms with Crippen molar-refractivity contribution in [2.45, 2.75) is 49.5 Å². The van der Waals surface area contributed by atoms with E-state index in [1.807, 2.05) is 17.0 Å². The number of methoxy groups -OCH3 is 1. The molecular weight excluding hydrogens is 352 g/mol. The summed E-state index contributed by atoms with van der Waals surface area (Å²) in [6.07, 6.45) is 5.01. The van der Waals surface area contributed by atoms with Gasteiger partial charge in [-0.05, 0) is 49.8 Å². The minimum absolute atomic E-state index is 0.160. The van der Waals surface area contributed by atoms with Crippen LogP contribution in [0.2, 0.25) is 0 Å². The lowest BCUT2D eigenvalue weighted by molar-refractivity contribution is -0.133. The van der Waals surface area contributed by atoms with Crippen molar-refractivity contribution in [3.63, 3.8) is 0 Å². The number of ether oxygens (including phenoxy) is 1. The highest BCUT2D eigenvalue weighted by molar-refractivity contribution is 7.89. The Bertz CT molecular complexity index is 704. The first-order chi connectivity index (χ1) is 12.5. The predicted molar refractivity (Wildman–Crippen MR) is 99.4 cm³/mol. The maximum atomic E-state index is 12.5. The van der Waals surface area contributed by atoms with Crippen LogP contribution < -0.4 is 0 Å². The molecule has 144 valence electrons. The second-order valence-electron chi connectivity index (χ2n) is 7.07. The van der Waals surface area contributed by atoms with Crippen LogP contribution in [-0.2, 0) is 26.0 Å². The zero-order valence-electron chi connectivity index (χ0n) is 15.4. The van der Waals surface area contributed by atoms with Gasteiger partial charge in [-0.3, -0.25) is 4.79 Å². The van der Waals surface area contributed by atoms with Gasteiger partial charge < -0.3 is 9.64 Å². The van der Waals surface area contributed by atoms with Crippen LogP contribution >= 0.6 is 0 Å². The van der Waals surface area contributed by atoms with Crippen molar-refractivity contribution < 1.29 is 17.9 Å². The van der Waals surface area contributed by atoms with Crippen LogP contribution in [0.15, 0.2) is 29.2 Å². The molecule has 2 aliphatic heterocycles. The van der Waals surface area contributed by atoms with Gasteiger partial charge in [0.25, 0.3) is 0 Å². The summed E-state index contributed by atoms with van der Waals surface area (Å²) in [6, 6.07) is 6.98. The van der Waals surface area contributed by atoms with E-state index in [1.165, 1.54) is 0 Å². The molecule has 0 saturated carbocycles. The summed E-state index contributed by atoms with van der Waals surface area (Å²) in [6.45, 7) is 2.73. The zero-order chi connectivity index (χ0) is 18.6. The molecule has 0 atom stereocenters. The molecule has 1 amide bonds. The van der Waals surface area contributed by atoms with Crippen molar-refractivity contribution in [1.29, 1.82) is 0 Å². The Hall–Kier alpha value is -1.44. The average molecular weight is 381 g/mol. The summed E-state index contributed by atoms with van der Waals surface area (Å²) in [5.41, 5.74) is 0.991. The second kappa shape index (κ2) is 8.50. The van der Waals surface area contributed by atoms with E-state index in [9.17, 15) is 13.2 Å². The summed E-state index contributed by atoms with van der Waals surface area (Å²) in [5.74, 6) is 0.160. The third kappa shape index (κ3) is 4.45. The van der Waals surface area contributed by atoms with Gasteiger partial charge in [-0.25, -0.2) is 8.42 Å². The van der Waals surface area contributed by atoms with E-state index in [2.05, 4.69) is 0 Å². The fraction of sp³-hybridized carbons (Fsp3) is 0.632. The van der Waals surface area contributed by atoms with Crippen LogP contribution in [-0.4, -0.2) is 62.9 Å². The number of carbonyl (C=O) groups excluding carboxylic acids is 1. The largest absolute Gasteiger partial charge is 0.381 e. The Balaban J connectivity index is 1.52. The number of amides is 1. The normalized spacial score (nSPS) is 19.8. The van der Waals surface area contributed by atoms with E-state index in [4.69, 9.17) is 4.74 Å². The second-order valence-corrected chi connectivity index (χ2v) is 9.01. The number of piperidine rings is 1. The molecule has 2 aliphatic rings. The quantitative estimate of drug-likeness (QED) is 0.757. The van der Waals surface area contributed by atoms with Crippen molar-refractivity contribution >= 4 is 15.9 Å². The first-order valence-electron chi connectivity index (χ1n) is 9.40. The number of rotatable bonds is 6. The average Bonchev–Trinajstić information content (AvgIpc) is 3.22. The van der Waals surface area contributed by atoms with Gasteiger partial charge in [-0.2, -0.15) is 4.31 Å². The maximum Gasteiger partial charge on any atom is 0.243 e. The molecule has 2 heterocycles. The molecule has 0 aromatic heterocycles. The fourth-order valence-corrected chi connectivity index (χ4v) is 5.17. The molecule has 7 heteroatoms. The summed E-state index contributed by atoms with van der Waals surface area (Å²) in [4.78, 5) is 14.6. The monoisotopic (exact) mass is 380 g/mol. The lowest BCUT2D eigenvalue weighted by Crippen LogP contribution is -2.40. The minimum Gasteiger partial charge on any atom is -0.381 e. The fourth-order valence-electron chi connectivity index (χ4n) is 3.66. The predicted octanol–water partition coefficient (Wildman–Crippen LogP) is 2.04. The Kier molecular flexibility index (Phi) is 6.32. The van der Waals surface area contributed by atoms with E-state index in [1.54, 1.807) is 23.5 Å². The highest BCUT2D eigenvalue weighted by Crippen LogP contribution is 2.21. The number of hydrogen-bond donors (Lipinski definition) is 0. The molecule has 2 saturated heterocycles. The molecule has 26 heavy (non-hydrogen) atoms. The molecule has 2 fully saturated rings. The molecule has 0 N–H and O–H groups in total. The summed E-state index contributed by atoms with van der Waals surface area (Å²) < 4.78 is 31.9. The molecule has 0 radical (unpaired) electrons. The van der Waals surface area contributed by atoms with Crippen LogP contribution in [0.1, 0.15) is 37.7 Å². The highest BCUT2D eigenvalue weighted by atomic mass is 32.2. The molecular formula is C19H28N2O4S. The van der Waals surface area contributed by atoms with Gasteiger partial charge in [0.05, 0.1) is 11.0 Å². The lowest BCUT2D eigenvalue weighted by Gasteiger charge is -2.31. The van der Waals surface area contributed by atoms with Crippen molar-refractivity contribution in [1.82, 2.24) is 9.21 Å². The Morgan fingerprint density at radius 3 is 2.27 bits per heavy atom. The standard InChI is InChI=1S/C19H28N2O4S/c1-25-17-10-14-20(15-11-17)19(22)9-6-16-4-7-18(8-5-16)26(23,24)21-12-2-3-13-21/h4-5,7-8,17H,2-3,6,9-15H2,1H3. The number of benzene rings is 1. The number of sulfonamides is 1. The summed E-state index contributed by atoms with van der Waals surface area (Å²) in [5, 5.41) is 0. The lowest BCUT2D eigenvalue weighted by atomic mass is 10.1. The van der Waals surface area contributed by atoms with Gasteiger partial charge >= 0.3 is 0 Å². The molecule has 0 aliphatic carbocycles. The minimum atomic E-state index is -3.37. The smallest absolute Gasteiger partial charge is 0.243 e. The Morgan fingerprint density at radius 2 is 1.69 bits per heavy atom. The van der Waals surface area contributed by atoms with Crippen LogP contribution in [0.3, 0.4) is 0 Å². The van der Waals surface area contributed by atoms with Crippen LogP contribution in [0.25, 0.3) is 0 Å². The molecule has 0 spiro atoms. The summed E-state index contributed by atoms with van der Waals surface area (Å²) in [7, 11) is -1.65. The number of carbonyl (C=O) groups is 1. The molecule has 0 bridgehead atoms. The third-order valence-electron chi connectivity index (χ3n) is 5.38. The van der Waals surface area contributed by atoms with Gasteiger partial charge in [0.2, 0.25) is 15.9 Å². The highest BCUT2D eigenvalue weighted by Gasteiger charge is 2.27. The SMILES string of the molecule is COC1CCN(C(=O)CCc2ccc(S(=O)(=O)N3CCCC3)cc2)CC1. The summed E-state index contributed by atoms with van der Waals surface area (Å²) >= 11 is 0. The van der Waals surface area contributed by atoms with Gasteiger partial charge in [0.15, 0.2) is 0 Å². The van der Waals surface area contributed by atoms with Gasteiger partial charge in [-0.1, -0.05) is 12.1 Å². The van der Waals surface area contributed by atoms with E-state index in [0.29, 0.717) is 30.8 Å². The van der Waals surface area contributed by atoms with E-state index in [0.717, 1.165) is 44.3 Å². The number of aryl methyl sites for hydroxylation is 1. The van der Waals surface area contributed by atoms with Crippen LogP contribution in [0, 0.1) is 0 Å². The topological polar surface area (TPSA) is 66.9 Å². The third-order valence-corrected chi connectivity index (χ3v) is 7.29. The van der Waals surface area contributed by atoms with Crippen LogP contribution in [0.4, 0.5) is 0 Å². The van der Waals surface area contributed by atoms with Crippen molar-refractivity contribution in [2.24, 2.45) is 0 Å². The van der Waals surface area contributed by atoms with E-state index in [-0.39, 0.29) is 12.0 Å². The van der Waals surface area contributed by atoms with Gasteiger partial charge in [0.1, 0.15) is 0 Å². The zero-order valence-corrected chi connectivity index (χ0v) is 16.2. The molecule has 0 unspecified atom stereocenters. The van der Waals surface area contributed by atoms with Gasteiger partial charge in [0, 0.05) is 39.7 Å². The van der Waals surface area contributed by atoms with Gasteiger partial charge in [-0.15, -0.1) is 0 Å². The number of nitrogens with zero attached hydrogens (tertiary/aromatic N) is 2. The maximum absolute atomic E-state index is 12.5. The molecule has 1 aromatic rings. The van der Waals surface area contributed by atoms with E-state index >= 15 is 0 Å². The van der Waals surface area contributed by atoms with Crippen molar-refractivity contribution in [3.8, 4) is 0 Å². The Labute approximate surface area is 156 Å². The van der Waals surface area contributed by atoms with Crippen LogP contribution in [0.5, 0.6) is 0 Å². The Morgan fingerprint density at radius 1 is 1.08 bits per heavy atom. The van der Waals surface area contributed by atoms with Crippen molar-refractivity contribution in [3.05, 3.63) is 29.8 Å². The number of hydrogen-bond acceptors (Lipinski definition) is 4. The molecule has 3 rings (SSSR count). The first kappa shape index (κ1) is 19.3. The van der Waals surface area contributed by atoms with E-state index < -0.39 is 10.0 Å². The number of likely N-dealkylation sites (tertiary alicyclic amines) is 1. The molecule has 1 aromatic carbocycles. The first-order valence-corrected chi connectivity index (χ1v) is 10.8. The molecule has 6 nitrogen and oxygen atoms in total.